The first-order valence-electron chi connectivity index (χ1n) is 11.6. The number of ether oxygens (including phenoxy) is 1. The van der Waals surface area contributed by atoms with Gasteiger partial charge in [-0.05, 0) is 55.2 Å². The lowest BCUT2D eigenvalue weighted by Gasteiger charge is -2.30. The zero-order valence-electron chi connectivity index (χ0n) is 18.4. The number of carbonyl (C=O) groups excluding carboxylic acids is 1. The van der Waals surface area contributed by atoms with Crippen molar-refractivity contribution >= 4 is 28.1 Å². The number of nitrogens with zero attached hydrogens (tertiary/aromatic N) is 3. The van der Waals surface area contributed by atoms with Crippen LogP contribution in [-0.4, -0.2) is 55.2 Å². The lowest BCUT2D eigenvalue weighted by molar-refractivity contribution is 0.0342. The average Bonchev–Trinajstić information content (AvgIpc) is 2.85. The zero-order valence-corrected chi connectivity index (χ0v) is 18.4. The number of rotatable bonds is 5. The Hall–Kier alpha value is -2.96. The second-order valence-electron chi connectivity index (χ2n) is 8.64. The quantitative estimate of drug-likeness (QED) is 0.654. The Balaban J connectivity index is 1.36. The molecule has 0 unspecified atom stereocenters. The van der Waals surface area contributed by atoms with Crippen LogP contribution < -0.4 is 10.2 Å². The maximum absolute atomic E-state index is 13.1. The molecule has 0 saturated carbocycles. The van der Waals surface area contributed by atoms with Crippen molar-refractivity contribution < 1.29 is 9.53 Å². The summed E-state index contributed by atoms with van der Waals surface area (Å²) in [6.45, 7) is 6.40. The standard InChI is InChI=1S/C26H30N4O2/c31-26(21-6-4-5-20(17-21)19-29-13-15-32-16-14-29)28-24-7-8-25(30-11-2-1-3-12-30)22-9-10-27-18-23(22)24/h4-10,17-18H,1-3,11-16,19H2,(H,28,31). The van der Waals surface area contributed by atoms with E-state index in [-0.39, 0.29) is 5.91 Å². The van der Waals surface area contributed by atoms with Gasteiger partial charge in [-0.2, -0.15) is 0 Å². The van der Waals surface area contributed by atoms with E-state index in [1.165, 1.54) is 24.9 Å². The van der Waals surface area contributed by atoms with Crippen molar-refractivity contribution in [2.24, 2.45) is 0 Å². The second kappa shape index (κ2) is 9.67. The number of nitrogens with one attached hydrogen (secondary N) is 1. The van der Waals surface area contributed by atoms with Gasteiger partial charge in [0.2, 0.25) is 0 Å². The highest BCUT2D eigenvalue weighted by Gasteiger charge is 2.17. The fourth-order valence-electron chi connectivity index (χ4n) is 4.72. The van der Waals surface area contributed by atoms with Crippen LogP contribution in [0.1, 0.15) is 35.2 Å². The van der Waals surface area contributed by atoms with Gasteiger partial charge < -0.3 is 15.0 Å². The Morgan fingerprint density at radius 3 is 2.66 bits per heavy atom. The Morgan fingerprint density at radius 1 is 0.969 bits per heavy atom. The number of aromatic nitrogens is 1. The smallest absolute Gasteiger partial charge is 0.255 e. The number of piperidine rings is 1. The molecule has 32 heavy (non-hydrogen) atoms. The fourth-order valence-corrected chi connectivity index (χ4v) is 4.72. The number of pyridine rings is 1. The molecular formula is C26H30N4O2. The van der Waals surface area contributed by atoms with Crippen molar-refractivity contribution in [1.29, 1.82) is 0 Å². The van der Waals surface area contributed by atoms with Gasteiger partial charge in [0.05, 0.1) is 18.9 Å². The number of amides is 1. The van der Waals surface area contributed by atoms with Gasteiger partial charge in [0.25, 0.3) is 5.91 Å². The molecule has 5 rings (SSSR count). The summed E-state index contributed by atoms with van der Waals surface area (Å²) in [6.07, 6.45) is 7.44. The van der Waals surface area contributed by atoms with Crippen LogP contribution in [0.4, 0.5) is 11.4 Å². The number of benzene rings is 2. The summed E-state index contributed by atoms with van der Waals surface area (Å²) in [7, 11) is 0. The summed E-state index contributed by atoms with van der Waals surface area (Å²) in [6, 6.07) is 14.1. The molecule has 0 atom stereocenters. The topological polar surface area (TPSA) is 57.7 Å². The third-order valence-corrected chi connectivity index (χ3v) is 6.44. The molecule has 166 valence electrons. The first kappa shape index (κ1) is 20.9. The van der Waals surface area contributed by atoms with E-state index >= 15 is 0 Å². The summed E-state index contributed by atoms with van der Waals surface area (Å²) in [5.41, 5.74) is 3.85. The molecule has 0 radical (unpaired) electrons. The molecule has 1 N–H and O–H groups in total. The highest BCUT2D eigenvalue weighted by atomic mass is 16.5. The Bertz CT molecular complexity index is 1090. The molecule has 0 spiro atoms. The number of hydrogen-bond acceptors (Lipinski definition) is 5. The minimum Gasteiger partial charge on any atom is -0.379 e. The average molecular weight is 431 g/mol. The first-order valence-corrected chi connectivity index (χ1v) is 11.6. The van der Waals surface area contributed by atoms with Crippen molar-refractivity contribution in [2.75, 3.05) is 49.6 Å². The van der Waals surface area contributed by atoms with Crippen LogP contribution in [0.2, 0.25) is 0 Å². The van der Waals surface area contributed by atoms with Gasteiger partial charge in [0.1, 0.15) is 0 Å². The number of hydrogen-bond donors (Lipinski definition) is 1. The Morgan fingerprint density at radius 2 is 1.81 bits per heavy atom. The highest BCUT2D eigenvalue weighted by Crippen LogP contribution is 2.33. The van der Waals surface area contributed by atoms with E-state index in [2.05, 4.69) is 38.3 Å². The van der Waals surface area contributed by atoms with Gasteiger partial charge in [-0.1, -0.05) is 12.1 Å². The van der Waals surface area contributed by atoms with Crippen LogP contribution in [0.5, 0.6) is 0 Å². The molecule has 3 aromatic rings. The maximum Gasteiger partial charge on any atom is 0.255 e. The molecule has 1 aromatic heterocycles. The fraction of sp³-hybridized carbons (Fsp3) is 0.385. The molecule has 0 bridgehead atoms. The predicted molar refractivity (Wildman–Crippen MR) is 128 cm³/mol. The first-order chi connectivity index (χ1) is 15.8. The molecule has 1 amide bonds. The van der Waals surface area contributed by atoms with E-state index in [0.717, 1.165) is 68.0 Å². The summed E-state index contributed by atoms with van der Waals surface area (Å²) >= 11 is 0. The molecule has 2 aromatic carbocycles. The van der Waals surface area contributed by atoms with Crippen LogP contribution in [0, 0.1) is 0 Å². The Kier molecular flexibility index (Phi) is 6.32. The molecule has 6 heteroatoms. The molecule has 3 heterocycles. The predicted octanol–water partition coefficient (Wildman–Crippen LogP) is 4.31. The highest BCUT2D eigenvalue weighted by molar-refractivity contribution is 6.11. The molecule has 6 nitrogen and oxygen atoms in total. The van der Waals surface area contributed by atoms with E-state index < -0.39 is 0 Å². The summed E-state index contributed by atoms with van der Waals surface area (Å²) in [4.78, 5) is 22.3. The van der Waals surface area contributed by atoms with E-state index in [1.54, 1.807) is 0 Å². The van der Waals surface area contributed by atoms with Crippen molar-refractivity contribution in [2.45, 2.75) is 25.8 Å². The van der Waals surface area contributed by atoms with E-state index in [4.69, 9.17) is 4.74 Å². The number of carbonyl (C=O) groups is 1. The van der Waals surface area contributed by atoms with Gasteiger partial charge in [-0.3, -0.25) is 14.7 Å². The van der Waals surface area contributed by atoms with Crippen molar-refractivity contribution in [3.8, 4) is 0 Å². The van der Waals surface area contributed by atoms with Crippen LogP contribution in [0.15, 0.2) is 54.9 Å². The van der Waals surface area contributed by atoms with Crippen molar-refractivity contribution in [1.82, 2.24) is 9.88 Å². The molecule has 2 saturated heterocycles. The SMILES string of the molecule is O=C(Nc1ccc(N2CCCCC2)c2ccncc12)c1cccc(CN2CCOCC2)c1. The third-order valence-electron chi connectivity index (χ3n) is 6.44. The lowest BCUT2D eigenvalue weighted by atomic mass is 10.0. The van der Waals surface area contributed by atoms with Gasteiger partial charge in [-0.15, -0.1) is 0 Å². The van der Waals surface area contributed by atoms with Crippen LogP contribution >= 0.6 is 0 Å². The third kappa shape index (κ3) is 4.61. The monoisotopic (exact) mass is 430 g/mol. The minimum absolute atomic E-state index is 0.0929. The van der Waals surface area contributed by atoms with E-state index in [0.29, 0.717) is 5.56 Å². The summed E-state index contributed by atoms with van der Waals surface area (Å²) in [5.74, 6) is -0.0929. The molecule has 2 aliphatic rings. The zero-order chi connectivity index (χ0) is 21.8. The Labute approximate surface area is 189 Å². The van der Waals surface area contributed by atoms with Crippen LogP contribution in [0.3, 0.4) is 0 Å². The molecular weight excluding hydrogens is 400 g/mol. The van der Waals surface area contributed by atoms with E-state index in [9.17, 15) is 4.79 Å². The minimum atomic E-state index is -0.0929. The van der Waals surface area contributed by atoms with Crippen molar-refractivity contribution in [3.63, 3.8) is 0 Å². The molecule has 2 aliphatic heterocycles. The van der Waals surface area contributed by atoms with Gasteiger partial charge >= 0.3 is 0 Å². The number of morpholine rings is 1. The normalized spacial score (nSPS) is 17.4. The second-order valence-corrected chi connectivity index (χ2v) is 8.64. The largest absolute Gasteiger partial charge is 0.379 e. The van der Waals surface area contributed by atoms with Gasteiger partial charge in [0.15, 0.2) is 0 Å². The maximum atomic E-state index is 13.1. The molecule has 2 fully saturated rings. The lowest BCUT2D eigenvalue weighted by Crippen LogP contribution is -2.35. The van der Waals surface area contributed by atoms with Crippen molar-refractivity contribution in [3.05, 3.63) is 66.0 Å². The number of anilines is 2. The van der Waals surface area contributed by atoms with Gasteiger partial charge in [-0.25, -0.2) is 0 Å². The van der Waals surface area contributed by atoms with Crippen LogP contribution in [0.25, 0.3) is 10.8 Å². The summed E-state index contributed by atoms with van der Waals surface area (Å²) < 4.78 is 5.43. The summed E-state index contributed by atoms with van der Waals surface area (Å²) in [5, 5.41) is 5.25. The van der Waals surface area contributed by atoms with Crippen LogP contribution in [-0.2, 0) is 11.3 Å². The van der Waals surface area contributed by atoms with Gasteiger partial charge in [0, 0.05) is 67.1 Å². The molecule has 0 aliphatic carbocycles. The number of fused-ring (bicyclic) bond motifs is 1. The van der Waals surface area contributed by atoms with E-state index in [1.807, 2.05) is 36.7 Å².